The van der Waals surface area contributed by atoms with Crippen LogP contribution in [-0.2, 0) is 47.7 Å². The average Bonchev–Trinajstić information content (AvgIpc) is 3.20. The molecule has 2 bridgehead atoms. The highest BCUT2D eigenvalue weighted by Gasteiger charge is 2.56. The van der Waals surface area contributed by atoms with Crippen molar-refractivity contribution in [3.63, 3.8) is 0 Å². The lowest BCUT2D eigenvalue weighted by Gasteiger charge is -2.47. The van der Waals surface area contributed by atoms with Crippen LogP contribution in [-0.4, -0.2) is 116 Å². The molecule has 2 saturated heterocycles. The summed E-state index contributed by atoms with van der Waals surface area (Å²) in [5, 5.41) is 15.1. The maximum absolute atomic E-state index is 14.3. The van der Waals surface area contributed by atoms with Gasteiger partial charge in [-0.2, -0.15) is 0 Å². The number of hydrogen-bond donors (Lipinski definition) is 2. The largest absolute Gasteiger partial charge is 0.456 e. The Hall–Kier alpha value is -2.97. The number of methoxy groups -OCH3 is 3. The second-order valence-electron chi connectivity index (χ2n) is 17.8. The first-order chi connectivity index (χ1) is 27.5. The van der Waals surface area contributed by atoms with Crippen LogP contribution in [0.15, 0.2) is 23.3 Å². The number of Topliss-reactive ketones (excluding diaryl/α,β-unsaturated/α-hetero) is 2. The molecule has 4 aliphatic rings. The molecule has 2 N–H and O–H groups in total. The topological polar surface area (TPSA) is 167 Å². The Bertz CT molecular complexity index is 1510. The van der Waals surface area contributed by atoms with E-state index in [1.54, 1.807) is 28.3 Å². The maximum Gasteiger partial charge on any atom is 0.329 e. The number of carbonyl (C=O) groups is 5. The molecular weight excluding hydrogens is 744 g/mol. The third-order valence-electron chi connectivity index (χ3n) is 13.2. The summed E-state index contributed by atoms with van der Waals surface area (Å²) in [5.74, 6) is -6.33. The number of esters is 1. The molecule has 0 spiro atoms. The summed E-state index contributed by atoms with van der Waals surface area (Å²) >= 11 is 0. The summed E-state index contributed by atoms with van der Waals surface area (Å²) in [6.45, 7) is 13.3. The van der Waals surface area contributed by atoms with Gasteiger partial charge in [0.2, 0.25) is 11.7 Å². The van der Waals surface area contributed by atoms with E-state index in [0.29, 0.717) is 57.8 Å². The van der Waals surface area contributed by atoms with Crippen LogP contribution in [0, 0.1) is 29.6 Å². The van der Waals surface area contributed by atoms with Gasteiger partial charge in [-0.15, -0.1) is 0 Å². The van der Waals surface area contributed by atoms with Gasteiger partial charge in [-0.1, -0.05) is 45.4 Å². The number of amides is 2. The maximum atomic E-state index is 14.3. The average molecular weight is 817 g/mol. The van der Waals surface area contributed by atoms with Crippen molar-refractivity contribution < 1.29 is 52.8 Å². The van der Waals surface area contributed by atoms with E-state index in [-0.39, 0.29) is 60.5 Å². The lowest BCUT2D eigenvalue weighted by molar-refractivity contribution is -0.302. The van der Waals surface area contributed by atoms with Crippen LogP contribution in [0.25, 0.3) is 0 Å². The number of carbonyl (C=O) groups excluding carboxylic acids is 5. The fourth-order valence-corrected chi connectivity index (χ4v) is 9.85. The fraction of sp³-hybridized carbons (Fsp3) is 0.800. The zero-order valence-electron chi connectivity index (χ0n) is 36.8. The Morgan fingerprint density at radius 1 is 0.948 bits per heavy atom. The summed E-state index contributed by atoms with van der Waals surface area (Å²) in [5.41, 5.74) is 1.90. The number of ether oxygens (including phenoxy) is 5. The Balaban J connectivity index is 1.72. The molecule has 58 heavy (non-hydrogen) atoms. The van der Waals surface area contributed by atoms with E-state index >= 15 is 0 Å². The van der Waals surface area contributed by atoms with E-state index < -0.39 is 59.8 Å². The second kappa shape index (κ2) is 21.5. The van der Waals surface area contributed by atoms with E-state index in [4.69, 9.17) is 23.7 Å². The second-order valence-corrected chi connectivity index (χ2v) is 17.8. The van der Waals surface area contributed by atoms with Crippen LogP contribution >= 0.6 is 0 Å². The molecule has 328 valence electrons. The highest BCUT2D eigenvalue weighted by molar-refractivity contribution is 6.39. The number of allylic oxidation sites excluding steroid dienone is 3. The van der Waals surface area contributed by atoms with E-state index in [0.717, 1.165) is 24.0 Å². The van der Waals surface area contributed by atoms with Crippen molar-refractivity contribution in [1.29, 1.82) is 0 Å². The number of aliphatic hydroxyl groups is 1. The van der Waals surface area contributed by atoms with Gasteiger partial charge in [0.1, 0.15) is 24.0 Å². The molecule has 0 aromatic carbocycles. The third-order valence-corrected chi connectivity index (χ3v) is 13.2. The van der Waals surface area contributed by atoms with Crippen molar-refractivity contribution in [3.8, 4) is 0 Å². The minimum Gasteiger partial charge on any atom is -0.456 e. The van der Waals surface area contributed by atoms with Gasteiger partial charge in [-0.25, -0.2) is 4.79 Å². The van der Waals surface area contributed by atoms with Gasteiger partial charge in [-0.05, 0) is 108 Å². The van der Waals surface area contributed by atoms with Gasteiger partial charge in [0.15, 0.2) is 0 Å². The number of cyclic esters (lactones) is 1. The molecule has 0 aromatic rings. The van der Waals surface area contributed by atoms with Crippen LogP contribution in [0.5, 0.6) is 0 Å². The van der Waals surface area contributed by atoms with Crippen LogP contribution in [0.2, 0.25) is 0 Å². The Morgan fingerprint density at radius 3 is 2.26 bits per heavy atom. The van der Waals surface area contributed by atoms with Crippen molar-refractivity contribution in [2.24, 2.45) is 29.6 Å². The molecule has 0 aromatic heterocycles. The number of nitrogens with zero attached hydrogens (tertiary/aromatic N) is 1. The molecule has 0 radical (unpaired) electrons. The van der Waals surface area contributed by atoms with Crippen LogP contribution in [0.1, 0.15) is 126 Å². The summed E-state index contributed by atoms with van der Waals surface area (Å²) in [4.78, 5) is 69.7. The molecule has 1 saturated carbocycles. The number of nitrogens with one attached hydrogen (secondary N) is 1. The van der Waals surface area contributed by atoms with Gasteiger partial charge in [0.25, 0.3) is 11.7 Å². The molecule has 2 amide bonds. The summed E-state index contributed by atoms with van der Waals surface area (Å²) < 4.78 is 30.2. The normalized spacial score (nSPS) is 38.2. The fourth-order valence-electron chi connectivity index (χ4n) is 9.85. The molecule has 1 aliphatic carbocycles. The molecule has 3 fully saturated rings. The molecule has 13 unspecified atom stereocenters. The standard InChI is InChI=1S/C45H72N2O11/c1-11-33-21-26(2)20-27(3)22-38(55-9)41-39(56-10)24-30(6)45(53,58-41)42(50)43(51)47-19-13-12-14-35(47)44(52)57-40(28(4)15-18-36(33)49)29(5)23-32-16-17-34(46-31(7)48)37(25-32)54-8/h21,23,27-28,30,32-35,37-41,53H,11-20,22,24-25H2,1-10H3,(H,46,48). The van der Waals surface area contributed by atoms with Crippen molar-refractivity contribution in [3.05, 3.63) is 23.3 Å². The van der Waals surface area contributed by atoms with Crippen molar-refractivity contribution in [1.82, 2.24) is 10.2 Å². The molecule has 13 atom stereocenters. The van der Waals surface area contributed by atoms with Crippen molar-refractivity contribution >= 4 is 29.4 Å². The first-order valence-electron chi connectivity index (χ1n) is 21.7. The number of rotatable bonds is 7. The highest BCUT2D eigenvalue weighted by atomic mass is 16.7. The first kappa shape index (κ1) is 47.7. The zero-order chi connectivity index (χ0) is 42.9. The predicted molar refractivity (Wildman–Crippen MR) is 218 cm³/mol. The van der Waals surface area contributed by atoms with E-state index in [1.165, 1.54) is 11.8 Å². The number of piperidine rings is 1. The van der Waals surface area contributed by atoms with Gasteiger partial charge < -0.3 is 39.0 Å². The molecule has 13 heteroatoms. The quantitative estimate of drug-likeness (QED) is 0.185. The molecule has 4 rings (SSSR count). The summed E-state index contributed by atoms with van der Waals surface area (Å²) in [6, 6.07) is -1.15. The number of hydrogen-bond acceptors (Lipinski definition) is 11. The highest BCUT2D eigenvalue weighted by Crippen LogP contribution is 2.39. The Labute approximate surface area is 346 Å². The minimum atomic E-state index is -2.47. The SMILES string of the molecule is CCC1C=C(C)CC(C)CC(OC)C2OC(O)(C(=O)C(=O)N3CCCCC3C(=O)OC(C(C)=CC3CCC(NC(C)=O)C(OC)C3)C(C)CCC1=O)C(C)CC2OC. The summed E-state index contributed by atoms with van der Waals surface area (Å²) in [6.07, 6.45) is 7.92. The summed E-state index contributed by atoms with van der Waals surface area (Å²) in [7, 11) is 4.74. The monoisotopic (exact) mass is 817 g/mol. The van der Waals surface area contributed by atoms with E-state index in [1.807, 2.05) is 27.7 Å². The van der Waals surface area contributed by atoms with Crippen LogP contribution in [0.3, 0.4) is 0 Å². The minimum absolute atomic E-state index is 0.0845. The van der Waals surface area contributed by atoms with Crippen LogP contribution < -0.4 is 5.32 Å². The van der Waals surface area contributed by atoms with Gasteiger partial charge in [-0.3, -0.25) is 19.2 Å². The van der Waals surface area contributed by atoms with Crippen molar-refractivity contribution in [2.45, 2.75) is 174 Å². The first-order valence-corrected chi connectivity index (χ1v) is 21.7. The Morgan fingerprint density at radius 2 is 1.62 bits per heavy atom. The van der Waals surface area contributed by atoms with E-state index in [2.05, 4.69) is 24.4 Å². The third kappa shape index (κ3) is 11.6. The van der Waals surface area contributed by atoms with Gasteiger partial charge in [0, 0.05) is 53.1 Å². The number of ketones is 2. The van der Waals surface area contributed by atoms with Gasteiger partial charge >= 0.3 is 5.97 Å². The van der Waals surface area contributed by atoms with Gasteiger partial charge in [0.05, 0.1) is 24.4 Å². The molecular formula is C45H72N2O11. The van der Waals surface area contributed by atoms with Crippen LogP contribution in [0.4, 0.5) is 0 Å². The zero-order valence-corrected chi connectivity index (χ0v) is 36.8. The lowest BCUT2D eigenvalue weighted by atomic mass is 9.81. The lowest BCUT2D eigenvalue weighted by Crippen LogP contribution is -2.64. The molecule has 13 nitrogen and oxygen atoms in total. The predicted octanol–water partition coefficient (Wildman–Crippen LogP) is 5.65. The Kier molecular flexibility index (Phi) is 17.7. The smallest absolute Gasteiger partial charge is 0.329 e. The number of fused-ring (bicyclic) bond motifs is 3. The molecule has 3 aliphatic heterocycles. The molecule has 3 heterocycles. The van der Waals surface area contributed by atoms with E-state index in [9.17, 15) is 29.1 Å². The van der Waals surface area contributed by atoms with Crippen molar-refractivity contribution in [2.75, 3.05) is 27.9 Å².